The van der Waals surface area contributed by atoms with E-state index in [1.165, 1.54) is 4.88 Å². The Morgan fingerprint density at radius 1 is 1.39 bits per heavy atom. The first-order chi connectivity index (χ1) is 13.5. The fourth-order valence-corrected chi connectivity index (χ4v) is 3.91. The molecule has 0 fully saturated rings. The maximum absolute atomic E-state index is 9.47. The summed E-state index contributed by atoms with van der Waals surface area (Å²) >= 11 is 1.68. The van der Waals surface area contributed by atoms with Crippen LogP contribution in [0.15, 0.2) is 53.6 Å². The largest absolute Gasteiger partial charge is 0.366 e. The summed E-state index contributed by atoms with van der Waals surface area (Å²) in [6, 6.07) is 4.29. The van der Waals surface area contributed by atoms with Gasteiger partial charge >= 0.3 is 0 Å². The first-order valence-electron chi connectivity index (χ1n) is 9.56. The molecule has 0 saturated carbocycles. The normalized spacial score (nSPS) is 11.8. The van der Waals surface area contributed by atoms with Gasteiger partial charge in [-0.25, -0.2) is 0 Å². The molecular formula is C23H32N4S. The fourth-order valence-electron chi connectivity index (χ4n) is 2.94. The van der Waals surface area contributed by atoms with Gasteiger partial charge in [0, 0.05) is 23.7 Å². The molecule has 150 valence electrons. The molecule has 1 aromatic rings. The van der Waals surface area contributed by atoms with Gasteiger partial charge in [-0.2, -0.15) is 5.26 Å². The van der Waals surface area contributed by atoms with Crippen molar-refractivity contribution in [3.63, 3.8) is 0 Å². The van der Waals surface area contributed by atoms with Crippen LogP contribution < -0.4 is 5.32 Å². The summed E-state index contributed by atoms with van der Waals surface area (Å²) in [4.78, 5) is 8.64. The molecule has 1 rings (SSSR count). The first kappa shape index (κ1) is 23.6. The number of hydrogen-bond acceptors (Lipinski definition) is 5. The molecule has 0 aliphatic rings. The lowest BCUT2D eigenvalue weighted by molar-refractivity contribution is 0.412. The van der Waals surface area contributed by atoms with Crippen LogP contribution in [0, 0.1) is 18.3 Å². The second-order valence-corrected chi connectivity index (χ2v) is 7.77. The van der Waals surface area contributed by atoms with Gasteiger partial charge in [0.05, 0.1) is 22.2 Å². The highest BCUT2D eigenvalue weighted by molar-refractivity contribution is 7.13. The lowest BCUT2D eigenvalue weighted by Crippen LogP contribution is -2.25. The van der Waals surface area contributed by atoms with Crippen molar-refractivity contribution in [3.8, 4) is 6.07 Å². The number of nitrogens with zero attached hydrogens (tertiary/aromatic N) is 3. The van der Waals surface area contributed by atoms with E-state index in [4.69, 9.17) is 0 Å². The Hall–Kier alpha value is -2.42. The van der Waals surface area contributed by atoms with Crippen LogP contribution >= 0.6 is 11.3 Å². The maximum atomic E-state index is 9.47. The molecule has 0 aliphatic carbocycles. The van der Waals surface area contributed by atoms with Crippen LogP contribution in [0.25, 0.3) is 5.70 Å². The van der Waals surface area contributed by atoms with E-state index in [1.807, 2.05) is 32.2 Å². The molecule has 28 heavy (non-hydrogen) atoms. The van der Waals surface area contributed by atoms with Gasteiger partial charge in [0.15, 0.2) is 0 Å². The van der Waals surface area contributed by atoms with Crippen LogP contribution in [0.3, 0.4) is 0 Å². The average Bonchev–Trinajstić information content (AvgIpc) is 3.08. The van der Waals surface area contributed by atoms with Crippen molar-refractivity contribution >= 4 is 29.4 Å². The maximum Gasteiger partial charge on any atom is 0.0994 e. The lowest BCUT2D eigenvalue weighted by atomic mass is 10.1. The standard InChI is InChI=1S/C23H32N4S/c1-7-12-21(20(8-2)16-24)17-27(14-11-9-10-13-25-5)19(4)23-22(26-6)15-18(3)28-23/h7-8,12,15,25H,2,4,6,9-11,13-14,17H2,1,3,5H3/b12-7-,21-20-. The zero-order valence-corrected chi connectivity index (χ0v) is 18.2. The fraction of sp³-hybridized carbons (Fsp3) is 0.391. The minimum Gasteiger partial charge on any atom is -0.366 e. The van der Waals surface area contributed by atoms with E-state index in [0.717, 1.165) is 54.2 Å². The molecule has 0 atom stereocenters. The smallest absolute Gasteiger partial charge is 0.0994 e. The van der Waals surface area contributed by atoms with Crippen molar-refractivity contribution in [2.75, 3.05) is 26.7 Å². The summed E-state index contributed by atoms with van der Waals surface area (Å²) < 4.78 is 0. The number of rotatable bonds is 13. The van der Waals surface area contributed by atoms with Crippen molar-refractivity contribution in [3.05, 3.63) is 58.4 Å². The Labute approximate surface area is 174 Å². The number of unbranched alkanes of at least 4 members (excludes halogenated alkanes) is 2. The van der Waals surface area contributed by atoms with Crippen LogP contribution in [0.2, 0.25) is 0 Å². The van der Waals surface area contributed by atoms with Crippen LogP contribution in [0.5, 0.6) is 0 Å². The third kappa shape index (κ3) is 6.95. The predicted octanol–water partition coefficient (Wildman–Crippen LogP) is 5.63. The minimum atomic E-state index is 0.593. The molecule has 0 aromatic carbocycles. The minimum absolute atomic E-state index is 0.593. The van der Waals surface area contributed by atoms with E-state index in [2.05, 4.69) is 48.1 Å². The summed E-state index contributed by atoms with van der Waals surface area (Å²) in [6.45, 7) is 18.4. The van der Waals surface area contributed by atoms with Crippen molar-refractivity contribution in [2.24, 2.45) is 4.99 Å². The van der Waals surface area contributed by atoms with Gasteiger partial charge < -0.3 is 10.2 Å². The number of aryl methyl sites for hydroxylation is 1. The highest BCUT2D eigenvalue weighted by atomic mass is 32.1. The Morgan fingerprint density at radius 3 is 2.71 bits per heavy atom. The van der Waals surface area contributed by atoms with Crippen molar-refractivity contribution < 1.29 is 0 Å². The third-order valence-electron chi connectivity index (χ3n) is 4.40. The lowest BCUT2D eigenvalue weighted by Gasteiger charge is -2.27. The van der Waals surface area contributed by atoms with Gasteiger partial charge in [0.2, 0.25) is 0 Å². The second kappa shape index (κ2) is 12.9. The monoisotopic (exact) mass is 396 g/mol. The van der Waals surface area contributed by atoms with Crippen LogP contribution in [-0.4, -0.2) is 38.3 Å². The molecule has 4 nitrogen and oxygen atoms in total. The van der Waals surface area contributed by atoms with Crippen molar-refractivity contribution in [2.45, 2.75) is 33.1 Å². The van der Waals surface area contributed by atoms with Gasteiger partial charge in [0.25, 0.3) is 0 Å². The number of allylic oxidation sites excluding steroid dienone is 3. The number of nitriles is 1. The van der Waals surface area contributed by atoms with Crippen molar-refractivity contribution in [1.29, 1.82) is 5.26 Å². The summed E-state index contributed by atoms with van der Waals surface area (Å²) in [5, 5.41) is 12.7. The molecule has 1 heterocycles. The molecule has 0 amide bonds. The SMILES string of the molecule is C=C/C(C#N)=C(\C=C/C)CN(CCCCCNC)C(=C)c1sc(C)cc1N=C. The van der Waals surface area contributed by atoms with E-state index in [9.17, 15) is 5.26 Å². The highest BCUT2D eigenvalue weighted by Crippen LogP contribution is 2.36. The van der Waals surface area contributed by atoms with E-state index in [1.54, 1.807) is 17.4 Å². The van der Waals surface area contributed by atoms with Gasteiger partial charge in [-0.15, -0.1) is 11.3 Å². The first-order valence-corrected chi connectivity index (χ1v) is 10.4. The summed E-state index contributed by atoms with van der Waals surface area (Å²) in [6.07, 6.45) is 8.89. The Balaban J connectivity index is 3.15. The topological polar surface area (TPSA) is 51.4 Å². The Morgan fingerprint density at radius 2 is 2.14 bits per heavy atom. The number of nitrogens with one attached hydrogen (secondary N) is 1. The van der Waals surface area contributed by atoms with Gasteiger partial charge in [-0.05, 0) is 58.6 Å². The zero-order valence-electron chi connectivity index (χ0n) is 17.4. The highest BCUT2D eigenvalue weighted by Gasteiger charge is 2.17. The average molecular weight is 397 g/mol. The molecule has 0 spiro atoms. The zero-order chi connectivity index (χ0) is 20.9. The second-order valence-electron chi connectivity index (χ2n) is 6.52. The number of hydrogen-bond donors (Lipinski definition) is 1. The molecule has 0 saturated heterocycles. The van der Waals surface area contributed by atoms with Gasteiger partial charge in [-0.3, -0.25) is 4.99 Å². The van der Waals surface area contributed by atoms with Crippen LogP contribution in [-0.2, 0) is 0 Å². The van der Waals surface area contributed by atoms with Crippen molar-refractivity contribution in [1.82, 2.24) is 10.2 Å². The van der Waals surface area contributed by atoms with E-state index in [0.29, 0.717) is 12.1 Å². The molecule has 5 heteroatoms. The molecule has 0 aliphatic heterocycles. The molecular weight excluding hydrogens is 364 g/mol. The molecule has 1 N–H and O–H groups in total. The molecule has 0 radical (unpaired) electrons. The summed E-state index contributed by atoms with van der Waals surface area (Å²) in [5.41, 5.74) is 3.33. The third-order valence-corrected chi connectivity index (χ3v) is 5.49. The van der Waals surface area contributed by atoms with Crippen LogP contribution in [0.4, 0.5) is 5.69 Å². The predicted molar refractivity (Wildman–Crippen MR) is 124 cm³/mol. The Kier molecular flexibility index (Phi) is 10.9. The van der Waals surface area contributed by atoms with Gasteiger partial charge in [-0.1, -0.05) is 37.8 Å². The molecule has 0 unspecified atom stereocenters. The number of aliphatic imine (C=N–C) groups is 1. The Bertz CT molecular complexity index is 777. The molecule has 0 bridgehead atoms. The molecule has 1 aromatic heterocycles. The summed E-state index contributed by atoms with van der Waals surface area (Å²) in [5.74, 6) is 0. The summed E-state index contributed by atoms with van der Waals surface area (Å²) in [7, 11) is 1.98. The van der Waals surface area contributed by atoms with Gasteiger partial charge in [0.1, 0.15) is 0 Å². The quantitative estimate of drug-likeness (QED) is 0.203. The van der Waals surface area contributed by atoms with Crippen LogP contribution in [0.1, 0.15) is 35.9 Å². The van der Waals surface area contributed by atoms with E-state index < -0.39 is 0 Å². The number of thiophene rings is 1. The van der Waals surface area contributed by atoms with E-state index in [-0.39, 0.29) is 0 Å². The van der Waals surface area contributed by atoms with E-state index >= 15 is 0 Å².